The molecule has 0 aliphatic heterocycles. The van der Waals surface area contributed by atoms with Crippen molar-refractivity contribution < 1.29 is 4.79 Å². The minimum absolute atomic E-state index is 0.0136. The normalized spacial score (nSPS) is 15.1. The van der Waals surface area contributed by atoms with E-state index in [1.807, 2.05) is 0 Å². The molecule has 2 unspecified atom stereocenters. The smallest absolute Gasteiger partial charge is 0.221 e. The summed E-state index contributed by atoms with van der Waals surface area (Å²) in [7, 11) is 0. The average molecular weight is 214 g/mol. The summed E-state index contributed by atoms with van der Waals surface area (Å²) in [5, 5.41) is 3.04. The lowest BCUT2D eigenvalue weighted by Crippen LogP contribution is -2.40. The van der Waals surface area contributed by atoms with Gasteiger partial charge in [0, 0.05) is 18.5 Å². The minimum Gasteiger partial charge on any atom is -0.353 e. The summed E-state index contributed by atoms with van der Waals surface area (Å²) in [5.74, 6) is 0.581. The molecule has 0 aliphatic carbocycles. The van der Waals surface area contributed by atoms with Gasteiger partial charge in [0.05, 0.1) is 0 Å². The maximum atomic E-state index is 11.6. The van der Waals surface area contributed by atoms with Gasteiger partial charge in [0.15, 0.2) is 0 Å². The molecular weight excluding hydrogens is 188 g/mol. The molecule has 0 radical (unpaired) electrons. The zero-order valence-electron chi connectivity index (χ0n) is 10.5. The number of hydrogen-bond donors (Lipinski definition) is 2. The van der Waals surface area contributed by atoms with Crippen LogP contribution in [-0.2, 0) is 4.79 Å². The van der Waals surface area contributed by atoms with Crippen molar-refractivity contribution in [1.82, 2.24) is 5.32 Å². The zero-order valence-corrected chi connectivity index (χ0v) is 10.5. The fourth-order valence-electron chi connectivity index (χ4n) is 1.72. The van der Waals surface area contributed by atoms with Crippen LogP contribution in [0.2, 0.25) is 0 Å². The van der Waals surface area contributed by atoms with Crippen LogP contribution in [0.3, 0.4) is 0 Å². The Morgan fingerprint density at radius 1 is 1.33 bits per heavy atom. The SMILES string of the molecule is CCCC(N)CC(=O)NC(CC)C(C)C. The van der Waals surface area contributed by atoms with E-state index in [0.29, 0.717) is 12.3 Å². The first-order valence-corrected chi connectivity index (χ1v) is 6.06. The van der Waals surface area contributed by atoms with E-state index in [-0.39, 0.29) is 18.0 Å². The molecule has 90 valence electrons. The van der Waals surface area contributed by atoms with Crippen molar-refractivity contribution in [2.75, 3.05) is 0 Å². The Labute approximate surface area is 93.8 Å². The molecule has 1 amide bonds. The van der Waals surface area contributed by atoms with Gasteiger partial charge in [-0.15, -0.1) is 0 Å². The van der Waals surface area contributed by atoms with Crippen molar-refractivity contribution in [3.63, 3.8) is 0 Å². The minimum atomic E-state index is 0.0136. The van der Waals surface area contributed by atoms with E-state index in [1.165, 1.54) is 0 Å². The first kappa shape index (κ1) is 14.4. The Morgan fingerprint density at radius 3 is 2.33 bits per heavy atom. The highest BCUT2D eigenvalue weighted by molar-refractivity contribution is 5.76. The number of amides is 1. The van der Waals surface area contributed by atoms with Crippen molar-refractivity contribution in [3.8, 4) is 0 Å². The topological polar surface area (TPSA) is 55.1 Å². The number of nitrogens with one attached hydrogen (secondary N) is 1. The molecule has 0 spiro atoms. The van der Waals surface area contributed by atoms with E-state index >= 15 is 0 Å². The van der Waals surface area contributed by atoms with Crippen LogP contribution in [0.1, 0.15) is 53.4 Å². The second kappa shape index (κ2) is 7.69. The van der Waals surface area contributed by atoms with Gasteiger partial charge in [-0.1, -0.05) is 34.1 Å². The second-order valence-electron chi connectivity index (χ2n) is 4.58. The Bertz CT molecular complexity index is 180. The highest BCUT2D eigenvalue weighted by Gasteiger charge is 2.15. The van der Waals surface area contributed by atoms with Crippen LogP contribution in [0.25, 0.3) is 0 Å². The maximum absolute atomic E-state index is 11.6. The van der Waals surface area contributed by atoms with Crippen molar-refractivity contribution in [1.29, 1.82) is 0 Å². The lowest BCUT2D eigenvalue weighted by Gasteiger charge is -2.21. The molecule has 3 N–H and O–H groups in total. The van der Waals surface area contributed by atoms with Crippen molar-refractivity contribution in [2.24, 2.45) is 11.7 Å². The second-order valence-corrected chi connectivity index (χ2v) is 4.58. The Kier molecular flexibility index (Phi) is 7.39. The van der Waals surface area contributed by atoms with Crippen LogP contribution in [-0.4, -0.2) is 18.0 Å². The molecular formula is C12H26N2O. The molecule has 2 atom stereocenters. The van der Waals surface area contributed by atoms with Gasteiger partial charge in [0.2, 0.25) is 5.91 Å². The summed E-state index contributed by atoms with van der Waals surface area (Å²) in [6.45, 7) is 8.43. The molecule has 0 aromatic heterocycles. The third-order valence-electron chi connectivity index (χ3n) is 2.70. The molecule has 0 bridgehead atoms. The summed E-state index contributed by atoms with van der Waals surface area (Å²) in [4.78, 5) is 11.6. The Morgan fingerprint density at radius 2 is 1.93 bits per heavy atom. The van der Waals surface area contributed by atoms with Gasteiger partial charge in [-0.3, -0.25) is 4.79 Å². The highest BCUT2D eigenvalue weighted by Crippen LogP contribution is 2.06. The molecule has 0 fully saturated rings. The standard InChI is InChI=1S/C12H26N2O/c1-5-7-10(13)8-12(15)14-11(6-2)9(3)4/h9-11H,5-8,13H2,1-4H3,(H,14,15). The highest BCUT2D eigenvalue weighted by atomic mass is 16.1. The van der Waals surface area contributed by atoms with Gasteiger partial charge >= 0.3 is 0 Å². The molecule has 0 aliphatic rings. The summed E-state index contributed by atoms with van der Waals surface area (Å²) >= 11 is 0. The number of carbonyl (C=O) groups excluding carboxylic acids is 1. The predicted molar refractivity (Wildman–Crippen MR) is 64.6 cm³/mol. The average Bonchev–Trinajstić information content (AvgIpc) is 2.13. The van der Waals surface area contributed by atoms with Crippen LogP contribution in [0.4, 0.5) is 0 Å². The van der Waals surface area contributed by atoms with E-state index < -0.39 is 0 Å². The number of nitrogens with two attached hydrogens (primary N) is 1. The van der Waals surface area contributed by atoms with Crippen molar-refractivity contribution in [3.05, 3.63) is 0 Å². The van der Waals surface area contributed by atoms with Gasteiger partial charge in [0.25, 0.3) is 0 Å². The van der Waals surface area contributed by atoms with Crippen molar-refractivity contribution >= 4 is 5.91 Å². The van der Waals surface area contributed by atoms with E-state index in [4.69, 9.17) is 5.73 Å². The van der Waals surface area contributed by atoms with Crippen LogP contribution in [0, 0.1) is 5.92 Å². The van der Waals surface area contributed by atoms with Crippen LogP contribution < -0.4 is 11.1 Å². The van der Waals surface area contributed by atoms with E-state index in [0.717, 1.165) is 19.3 Å². The Balaban J connectivity index is 3.90. The number of rotatable bonds is 7. The van der Waals surface area contributed by atoms with Gasteiger partial charge in [-0.25, -0.2) is 0 Å². The monoisotopic (exact) mass is 214 g/mol. The van der Waals surface area contributed by atoms with Crippen molar-refractivity contribution in [2.45, 2.75) is 65.5 Å². The van der Waals surface area contributed by atoms with Crippen LogP contribution in [0.5, 0.6) is 0 Å². The molecule has 3 nitrogen and oxygen atoms in total. The van der Waals surface area contributed by atoms with E-state index in [2.05, 4.69) is 33.0 Å². The third kappa shape index (κ3) is 6.50. The third-order valence-corrected chi connectivity index (χ3v) is 2.70. The fraction of sp³-hybridized carbons (Fsp3) is 0.917. The molecule has 0 saturated heterocycles. The molecule has 0 heterocycles. The zero-order chi connectivity index (χ0) is 11.8. The number of carbonyl (C=O) groups is 1. The van der Waals surface area contributed by atoms with Crippen LogP contribution >= 0.6 is 0 Å². The maximum Gasteiger partial charge on any atom is 0.221 e. The fourth-order valence-corrected chi connectivity index (χ4v) is 1.72. The lowest BCUT2D eigenvalue weighted by atomic mass is 10.0. The molecule has 15 heavy (non-hydrogen) atoms. The predicted octanol–water partition coefficient (Wildman–Crippen LogP) is 2.05. The van der Waals surface area contributed by atoms with E-state index in [1.54, 1.807) is 0 Å². The van der Waals surface area contributed by atoms with E-state index in [9.17, 15) is 4.79 Å². The molecule has 0 rings (SSSR count). The summed E-state index contributed by atoms with van der Waals surface area (Å²) in [6, 6.07) is 0.297. The molecule has 0 aromatic rings. The molecule has 0 saturated carbocycles. The van der Waals surface area contributed by atoms with Crippen LogP contribution in [0.15, 0.2) is 0 Å². The molecule has 0 aromatic carbocycles. The van der Waals surface area contributed by atoms with Gasteiger partial charge in [0.1, 0.15) is 0 Å². The Hall–Kier alpha value is -0.570. The lowest BCUT2D eigenvalue weighted by molar-refractivity contribution is -0.122. The largest absolute Gasteiger partial charge is 0.353 e. The summed E-state index contributed by atoms with van der Waals surface area (Å²) < 4.78 is 0. The first-order chi connectivity index (χ1) is 7.01. The first-order valence-electron chi connectivity index (χ1n) is 6.06. The summed E-state index contributed by atoms with van der Waals surface area (Å²) in [6.07, 6.45) is 3.39. The molecule has 3 heteroatoms. The number of hydrogen-bond acceptors (Lipinski definition) is 2. The quantitative estimate of drug-likeness (QED) is 0.681. The summed E-state index contributed by atoms with van der Waals surface area (Å²) in [5.41, 5.74) is 5.82. The van der Waals surface area contributed by atoms with Gasteiger partial charge in [-0.05, 0) is 18.8 Å². The van der Waals surface area contributed by atoms with Gasteiger partial charge in [-0.2, -0.15) is 0 Å². The van der Waals surface area contributed by atoms with Gasteiger partial charge < -0.3 is 11.1 Å².